The van der Waals surface area contributed by atoms with Crippen LogP contribution in [0.3, 0.4) is 0 Å². The Bertz CT molecular complexity index is 2110. The van der Waals surface area contributed by atoms with Gasteiger partial charge in [0.15, 0.2) is 22.0 Å². The number of alkyl halides is 3. The molecule has 16 heteroatoms. The maximum absolute atomic E-state index is 14.4. The van der Waals surface area contributed by atoms with E-state index in [0.29, 0.717) is 40.5 Å². The van der Waals surface area contributed by atoms with Crippen LogP contribution in [-0.2, 0) is 17.5 Å². The van der Waals surface area contributed by atoms with E-state index in [4.69, 9.17) is 14.2 Å². The molecule has 1 unspecified atom stereocenters. The van der Waals surface area contributed by atoms with Crippen molar-refractivity contribution in [2.75, 3.05) is 32.6 Å². The first-order valence-electron chi connectivity index (χ1n) is 15.4. The van der Waals surface area contributed by atoms with E-state index in [1.54, 1.807) is 42.2 Å². The molecular weight excluding hydrogens is 663 g/mol. The van der Waals surface area contributed by atoms with Gasteiger partial charge >= 0.3 is 6.18 Å². The number of nitrogens with zero attached hydrogens (tertiary/aromatic N) is 6. The quantitative estimate of drug-likeness (QED) is 0.218. The number of pyridine rings is 2. The maximum Gasteiger partial charge on any atom is 0.418 e. The summed E-state index contributed by atoms with van der Waals surface area (Å²) in [6, 6.07) is 8.21. The van der Waals surface area contributed by atoms with Crippen molar-refractivity contribution in [3.8, 4) is 11.5 Å². The van der Waals surface area contributed by atoms with Gasteiger partial charge in [0.1, 0.15) is 22.0 Å². The predicted molar refractivity (Wildman–Crippen MR) is 178 cm³/mol. The Morgan fingerprint density at radius 1 is 1.02 bits per heavy atom. The number of thiazole rings is 1. The third-order valence-electron chi connectivity index (χ3n) is 8.17. The number of hydrogen-bond donors (Lipinski definition) is 1. The third kappa shape index (κ3) is 6.87. The second-order valence-electron chi connectivity index (χ2n) is 11.9. The summed E-state index contributed by atoms with van der Waals surface area (Å²) in [4.78, 5) is 46.6. The number of hydrogen-bond acceptors (Lipinski definition) is 11. The standard InChI is InChI=1S/C33H34F3N7O5S/c1-16-13-42(14-17(2)48-16)32(45)30-39-22-8-10-26(40-29(22)49-30)37-18(3)27-21(33(34,35)36)12-23-28(41-27)31(44)43(19(4)38-23)15-20-7-9-24(46-5)25(11-20)47-6/h7-12,16-18H,13-15H2,1-6H3,(H,37,40)/t16-,17+,18?. The van der Waals surface area contributed by atoms with E-state index in [2.05, 4.69) is 25.3 Å². The van der Waals surface area contributed by atoms with Crippen molar-refractivity contribution in [1.29, 1.82) is 0 Å². The molecule has 5 aromatic rings. The summed E-state index contributed by atoms with van der Waals surface area (Å²) in [5, 5.41) is 3.25. The summed E-state index contributed by atoms with van der Waals surface area (Å²) in [5.41, 5.74) is -1.21. The van der Waals surface area contributed by atoms with Gasteiger partial charge in [0, 0.05) is 13.1 Å². The van der Waals surface area contributed by atoms with Crippen molar-refractivity contribution >= 4 is 44.4 Å². The number of carbonyl (C=O) groups excluding carboxylic acids is 1. The fourth-order valence-electron chi connectivity index (χ4n) is 5.93. The lowest BCUT2D eigenvalue weighted by Crippen LogP contribution is -2.48. The minimum absolute atomic E-state index is 0.0761. The zero-order valence-corrected chi connectivity index (χ0v) is 28.4. The molecule has 5 heterocycles. The number of halogens is 3. The average Bonchev–Trinajstić information content (AvgIpc) is 3.48. The van der Waals surface area contributed by atoms with Gasteiger partial charge in [-0.1, -0.05) is 17.4 Å². The van der Waals surface area contributed by atoms with E-state index in [1.807, 2.05) is 13.8 Å². The molecule has 1 aliphatic rings. The molecule has 1 aliphatic heterocycles. The Labute approximate surface area is 282 Å². The van der Waals surface area contributed by atoms with Gasteiger partial charge in [-0.05, 0) is 63.6 Å². The number of aromatic nitrogens is 5. The molecule has 1 saturated heterocycles. The highest BCUT2D eigenvalue weighted by molar-refractivity contribution is 7.19. The number of methoxy groups -OCH3 is 2. The largest absolute Gasteiger partial charge is 0.493 e. The van der Waals surface area contributed by atoms with Crippen LogP contribution in [0.4, 0.5) is 19.0 Å². The Morgan fingerprint density at radius 2 is 1.73 bits per heavy atom. The number of amides is 1. The van der Waals surface area contributed by atoms with E-state index in [-0.39, 0.29) is 52.3 Å². The van der Waals surface area contributed by atoms with Crippen LogP contribution in [0.5, 0.6) is 11.5 Å². The summed E-state index contributed by atoms with van der Waals surface area (Å²) in [6.45, 7) is 7.80. The first-order chi connectivity index (χ1) is 23.2. The van der Waals surface area contributed by atoms with Crippen molar-refractivity contribution in [2.24, 2.45) is 0 Å². The molecule has 0 saturated carbocycles. The zero-order chi connectivity index (χ0) is 35.2. The van der Waals surface area contributed by atoms with Gasteiger partial charge in [-0.2, -0.15) is 13.2 Å². The zero-order valence-electron chi connectivity index (χ0n) is 27.6. The Kier molecular flexibility index (Phi) is 9.19. The molecule has 6 rings (SSSR count). The minimum Gasteiger partial charge on any atom is -0.493 e. The molecule has 0 bridgehead atoms. The molecule has 4 aromatic heterocycles. The van der Waals surface area contributed by atoms with Gasteiger partial charge in [-0.3, -0.25) is 14.2 Å². The molecule has 3 atom stereocenters. The Balaban J connectivity index is 1.32. The van der Waals surface area contributed by atoms with Crippen LogP contribution in [0.2, 0.25) is 0 Å². The van der Waals surface area contributed by atoms with Gasteiger partial charge in [0.2, 0.25) is 0 Å². The average molecular weight is 698 g/mol. The van der Waals surface area contributed by atoms with Crippen LogP contribution in [0.15, 0.2) is 41.2 Å². The molecule has 1 amide bonds. The summed E-state index contributed by atoms with van der Waals surface area (Å²) < 4.78 is 60.9. The van der Waals surface area contributed by atoms with Gasteiger partial charge in [-0.25, -0.2) is 19.9 Å². The van der Waals surface area contributed by atoms with Crippen LogP contribution in [0.1, 0.15) is 59.3 Å². The monoisotopic (exact) mass is 697 g/mol. The molecule has 49 heavy (non-hydrogen) atoms. The highest BCUT2D eigenvalue weighted by atomic mass is 32.1. The maximum atomic E-state index is 14.4. The minimum atomic E-state index is -4.78. The lowest BCUT2D eigenvalue weighted by Gasteiger charge is -2.34. The molecule has 12 nitrogen and oxygen atoms in total. The van der Waals surface area contributed by atoms with E-state index >= 15 is 0 Å². The molecule has 1 N–H and O–H groups in total. The van der Waals surface area contributed by atoms with E-state index in [0.717, 1.165) is 17.4 Å². The van der Waals surface area contributed by atoms with Crippen molar-refractivity contribution in [3.63, 3.8) is 0 Å². The number of aryl methyl sites for hydroxylation is 1. The molecule has 258 valence electrons. The molecular formula is C33H34F3N7O5S. The number of morpholine rings is 1. The van der Waals surface area contributed by atoms with Crippen LogP contribution < -0.4 is 20.3 Å². The van der Waals surface area contributed by atoms with Gasteiger partial charge in [0.25, 0.3) is 11.5 Å². The number of nitrogens with one attached hydrogen (secondary N) is 1. The fraction of sp³-hybridized carbons (Fsp3) is 0.394. The lowest BCUT2D eigenvalue weighted by molar-refractivity contribution is -0.138. The fourth-order valence-corrected chi connectivity index (χ4v) is 6.84. The molecule has 0 radical (unpaired) electrons. The molecule has 1 aromatic carbocycles. The number of carbonyl (C=O) groups is 1. The van der Waals surface area contributed by atoms with E-state index in [1.165, 1.54) is 25.7 Å². The number of benzene rings is 1. The van der Waals surface area contributed by atoms with Gasteiger partial charge in [-0.15, -0.1) is 0 Å². The normalized spacial score (nSPS) is 17.4. The number of ether oxygens (including phenoxy) is 3. The highest BCUT2D eigenvalue weighted by Crippen LogP contribution is 2.36. The number of rotatable bonds is 8. The summed E-state index contributed by atoms with van der Waals surface area (Å²) in [5.74, 6) is 1.21. The van der Waals surface area contributed by atoms with E-state index < -0.39 is 29.0 Å². The van der Waals surface area contributed by atoms with E-state index in [9.17, 15) is 22.8 Å². The summed E-state index contributed by atoms with van der Waals surface area (Å²) >= 11 is 1.10. The SMILES string of the molecule is COc1ccc(Cn2c(C)nc3cc(C(F)(F)F)c(C(C)Nc4ccc5nc(C(=O)N6C[C@@H](C)O[C@@H](C)C6)sc5n4)nc3c2=O)cc1OC. The first-order valence-corrected chi connectivity index (χ1v) is 16.3. The lowest BCUT2D eigenvalue weighted by atomic mass is 10.1. The van der Waals surface area contributed by atoms with Gasteiger partial charge < -0.3 is 24.4 Å². The topological polar surface area (TPSA) is 134 Å². The van der Waals surface area contributed by atoms with Crippen LogP contribution in [-0.4, -0.2) is 74.8 Å². The van der Waals surface area contributed by atoms with Crippen molar-refractivity contribution in [3.05, 3.63) is 74.4 Å². The first kappa shape index (κ1) is 34.0. The summed E-state index contributed by atoms with van der Waals surface area (Å²) in [6.07, 6.45) is -5.00. The van der Waals surface area contributed by atoms with Crippen molar-refractivity contribution < 1.29 is 32.2 Å². The van der Waals surface area contributed by atoms with Crippen molar-refractivity contribution in [2.45, 2.75) is 58.7 Å². The number of anilines is 1. The van der Waals surface area contributed by atoms with Crippen LogP contribution >= 0.6 is 11.3 Å². The number of fused-ring (bicyclic) bond motifs is 2. The third-order valence-corrected chi connectivity index (χ3v) is 9.12. The Hall–Kier alpha value is -4.83. The van der Waals surface area contributed by atoms with Crippen LogP contribution in [0, 0.1) is 6.92 Å². The second kappa shape index (κ2) is 13.2. The Morgan fingerprint density at radius 3 is 2.41 bits per heavy atom. The second-order valence-corrected chi connectivity index (χ2v) is 12.9. The van der Waals surface area contributed by atoms with Gasteiger partial charge in [0.05, 0.1) is 55.8 Å². The molecule has 1 fully saturated rings. The molecule has 0 spiro atoms. The predicted octanol–water partition coefficient (Wildman–Crippen LogP) is 5.61. The molecule has 0 aliphatic carbocycles. The van der Waals surface area contributed by atoms with Crippen LogP contribution in [0.25, 0.3) is 21.4 Å². The van der Waals surface area contributed by atoms with Crippen molar-refractivity contribution in [1.82, 2.24) is 29.4 Å². The highest BCUT2D eigenvalue weighted by Gasteiger charge is 2.37. The smallest absolute Gasteiger partial charge is 0.418 e. The summed E-state index contributed by atoms with van der Waals surface area (Å²) in [7, 11) is 3.00.